The molecule has 8 heteroatoms. The molecule has 0 bridgehead atoms. The van der Waals surface area contributed by atoms with Crippen molar-refractivity contribution in [2.24, 2.45) is 5.92 Å². The smallest absolute Gasteiger partial charge is 0.249 e. The van der Waals surface area contributed by atoms with E-state index in [4.69, 9.17) is 0 Å². The van der Waals surface area contributed by atoms with E-state index in [2.05, 4.69) is 20.3 Å². The molecule has 1 amide bonds. The second-order valence-corrected chi connectivity index (χ2v) is 7.49. The highest BCUT2D eigenvalue weighted by atomic mass is 19.3. The van der Waals surface area contributed by atoms with Crippen molar-refractivity contribution in [1.29, 1.82) is 0 Å². The molecule has 0 spiro atoms. The van der Waals surface area contributed by atoms with E-state index >= 15 is 0 Å². The summed E-state index contributed by atoms with van der Waals surface area (Å²) < 4.78 is 27.8. The number of hydrogen-bond acceptors (Lipinski definition) is 4. The second-order valence-electron chi connectivity index (χ2n) is 7.49. The molecular formula is C19H23F2N5O. The SMILES string of the molecule is O=C(NCC[C@@H]1CN(Cc2ccncc2)Cc2ccnn21)C1CC(F)(F)C1. The molecule has 144 valence electrons. The van der Waals surface area contributed by atoms with Gasteiger partial charge in [-0.3, -0.25) is 19.4 Å². The molecule has 1 atom stereocenters. The molecule has 1 saturated carbocycles. The van der Waals surface area contributed by atoms with Gasteiger partial charge in [0.05, 0.1) is 11.7 Å². The van der Waals surface area contributed by atoms with Crippen LogP contribution in [0.15, 0.2) is 36.8 Å². The van der Waals surface area contributed by atoms with E-state index in [1.54, 1.807) is 18.6 Å². The maximum absolute atomic E-state index is 12.9. The van der Waals surface area contributed by atoms with Crippen molar-refractivity contribution in [2.45, 2.75) is 44.3 Å². The Hall–Kier alpha value is -2.35. The second kappa shape index (κ2) is 7.34. The fourth-order valence-electron chi connectivity index (χ4n) is 3.90. The molecule has 0 aromatic carbocycles. The maximum atomic E-state index is 12.9. The molecular weight excluding hydrogens is 352 g/mol. The van der Waals surface area contributed by atoms with Gasteiger partial charge in [-0.25, -0.2) is 8.78 Å². The molecule has 1 fully saturated rings. The number of carbonyl (C=O) groups is 1. The van der Waals surface area contributed by atoms with Gasteiger partial charge in [-0.05, 0) is 30.2 Å². The summed E-state index contributed by atoms with van der Waals surface area (Å²) in [4.78, 5) is 18.4. The van der Waals surface area contributed by atoms with Gasteiger partial charge in [0.2, 0.25) is 11.8 Å². The third-order valence-electron chi connectivity index (χ3n) is 5.35. The third-order valence-corrected chi connectivity index (χ3v) is 5.35. The summed E-state index contributed by atoms with van der Waals surface area (Å²) in [6.07, 6.45) is 5.45. The van der Waals surface area contributed by atoms with E-state index in [0.717, 1.165) is 31.7 Å². The Balaban J connectivity index is 1.32. The molecule has 0 radical (unpaired) electrons. The number of rotatable bonds is 6. The average Bonchev–Trinajstić information content (AvgIpc) is 3.09. The number of nitrogens with one attached hydrogen (secondary N) is 1. The summed E-state index contributed by atoms with van der Waals surface area (Å²) in [6, 6.07) is 6.18. The predicted octanol–water partition coefficient (Wildman–Crippen LogP) is 2.39. The fourth-order valence-corrected chi connectivity index (χ4v) is 3.90. The van der Waals surface area contributed by atoms with Crippen LogP contribution in [0.1, 0.15) is 36.6 Å². The summed E-state index contributed by atoms with van der Waals surface area (Å²) in [7, 11) is 0. The highest BCUT2D eigenvalue weighted by Crippen LogP contribution is 2.42. The van der Waals surface area contributed by atoms with E-state index in [0.29, 0.717) is 6.54 Å². The first-order valence-corrected chi connectivity index (χ1v) is 9.29. The number of aromatic nitrogens is 3. The van der Waals surface area contributed by atoms with Gasteiger partial charge in [0.25, 0.3) is 0 Å². The van der Waals surface area contributed by atoms with E-state index in [1.165, 1.54) is 5.56 Å². The minimum atomic E-state index is -2.66. The molecule has 1 N–H and O–H groups in total. The van der Waals surface area contributed by atoms with Crippen molar-refractivity contribution in [3.05, 3.63) is 48.0 Å². The quantitative estimate of drug-likeness (QED) is 0.842. The Bertz CT molecular complexity index is 786. The van der Waals surface area contributed by atoms with Crippen LogP contribution in [0.4, 0.5) is 8.78 Å². The van der Waals surface area contributed by atoms with Gasteiger partial charge in [0.1, 0.15) is 0 Å². The monoisotopic (exact) mass is 375 g/mol. The maximum Gasteiger partial charge on any atom is 0.249 e. The molecule has 1 aliphatic heterocycles. The zero-order valence-electron chi connectivity index (χ0n) is 15.0. The lowest BCUT2D eigenvalue weighted by Crippen LogP contribution is -2.45. The van der Waals surface area contributed by atoms with Crippen LogP contribution in [-0.4, -0.2) is 44.6 Å². The first-order chi connectivity index (χ1) is 13.0. The van der Waals surface area contributed by atoms with Crippen LogP contribution in [0.5, 0.6) is 0 Å². The van der Waals surface area contributed by atoms with Gasteiger partial charge < -0.3 is 5.32 Å². The van der Waals surface area contributed by atoms with Crippen molar-refractivity contribution in [3.63, 3.8) is 0 Å². The number of amides is 1. The van der Waals surface area contributed by atoms with Crippen molar-refractivity contribution in [1.82, 2.24) is 25.0 Å². The van der Waals surface area contributed by atoms with E-state index in [1.807, 2.05) is 22.9 Å². The van der Waals surface area contributed by atoms with Crippen molar-refractivity contribution in [2.75, 3.05) is 13.1 Å². The van der Waals surface area contributed by atoms with Crippen LogP contribution in [0.2, 0.25) is 0 Å². The zero-order chi connectivity index (χ0) is 18.9. The normalized spacial score (nSPS) is 22.1. The lowest BCUT2D eigenvalue weighted by molar-refractivity contribution is -0.150. The fraction of sp³-hybridized carbons (Fsp3) is 0.526. The highest BCUT2D eigenvalue weighted by molar-refractivity contribution is 5.79. The van der Waals surface area contributed by atoms with Gasteiger partial charge in [-0.15, -0.1) is 0 Å². The lowest BCUT2D eigenvalue weighted by atomic mass is 9.81. The molecule has 0 saturated heterocycles. The van der Waals surface area contributed by atoms with E-state index < -0.39 is 11.8 Å². The van der Waals surface area contributed by atoms with Gasteiger partial charge in [-0.2, -0.15) is 5.10 Å². The zero-order valence-corrected chi connectivity index (χ0v) is 15.0. The molecule has 1 aliphatic carbocycles. The van der Waals surface area contributed by atoms with Crippen LogP contribution in [0, 0.1) is 5.92 Å². The number of halogens is 2. The van der Waals surface area contributed by atoms with Crippen molar-refractivity contribution in [3.8, 4) is 0 Å². The number of alkyl halides is 2. The van der Waals surface area contributed by atoms with Gasteiger partial charge >= 0.3 is 0 Å². The first-order valence-electron chi connectivity index (χ1n) is 9.29. The van der Waals surface area contributed by atoms with Crippen molar-refractivity contribution < 1.29 is 13.6 Å². The predicted molar refractivity (Wildman–Crippen MR) is 94.9 cm³/mol. The van der Waals surface area contributed by atoms with Crippen molar-refractivity contribution >= 4 is 5.91 Å². The van der Waals surface area contributed by atoms with E-state index in [9.17, 15) is 13.6 Å². The summed E-state index contributed by atoms with van der Waals surface area (Å²) >= 11 is 0. The van der Waals surface area contributed by atoms with Crippen LogP contribution in [-0.2, 0) is 17.9 Å². The minimum absolute atomic E-state index is 0.147. The molecule has 0 unspecified atom stereocenters. The van der Waals surface area contributed by atoms with Gasteiger partial charge in [0.15, 0.2) is 0 Å². The largest absolute Gasteiger partial charge is 0.356 e. The van der Waals surface area contributed by atoms with Crippen LogP contribution < -0.4 is 5.32 Å². The Labute approximate surface area is 156 Å². The Morgan fingerprint density at radius 2 is 2.00 bits per heavy atom. The lowest BCUT2D eigenvalue weighted by Gasteiger charge is -2.35. The number of fused-ring (bicyclic) bond motifs is 1. The Kier molecular flexibility index (Phi) is 4.90. The molecule has 27 heavy (non-hydrogen) atoms. The highest BCUT2D eigenvalue weighted by Gasteiger charge is 2.48. The van der Waals surface area contributed by atoms with E-state index in [-0.39, 0.29) is 24.8 Å². The standard InChI is InChI=1S/C19H23F2N5O/c20-19(21)9-15(10-19)18(27)23-7-3-16-12-25(11-14-1-5-22-6-2-14)13-17-4-8-24-26(16)17/h1-2,4-6,8,15-16H,3,7,9-13H2,(H,23,27)/t16-/m1/s1. The summed E-state index contributed by atoms with van der Waals surface area (Å²) in [5.41, 5.74) is 2.35. The third kappa shape index (κ3) is 4.16. The number of carbonyl (C=O) groups excluding carboxylic acids is 1. The van der Waals surface area contributed by atoms with Crippen LogP contribution in [0.3, 0.4) is 0 Å². The summed E-state index contributed by atoms with van der Waals surface area (Å²) in [6.45, 7) is 2.94. The molecule has 2 aromatic heterocycles. The average molecular weight is 375 g/mol. The molecule has 6 nitrogen and oxygen atoms in total. The molecule has 4 rings (SSSR count). The topological polar surface area (TPSA) is 63.1 Å². The minimum Gasteiger partial charge on any atom is -0.356 e. The number of nitrogens with zero attached hydrogens (tertiary/aromatic N) is 4. The number of hydrogen-bond donors (Lipinski definition) is 1. The molecule has 2 aromatic rings. The summed E-state index contributed by atoms with van der Waals surface area (Å²) in [5.74, 6) is -3.47. The molecule has 2 aliphatic rings. The Morgan fingerprint density at radius 3 is 2.74 bits per heavy atom. The summed E-state index contributed by atoms with van der Waals surface area (Å²) in [5, 5.41) is 7.24. The first kappa shape index (κ1) is 18.0. The van der Waals surface area contributed by atoms with Crippen LogP contribution >= 0.6 is 0 Å². The molecule has 3 heterocycles. The Morgan fingerprint density at radius 1 is 1.22 bits per heavy atom. The number of pyridine rings is 1. The van der Waals surface area contributed by atoms with Crippen LogP contribution in [0.25, 0.3) is 0 Å². The van der Waals surface area contributed by atoms with Gasteiger partial charge in [0, 0.05) is 63.5 Å². The van der Waals surface area contributed by atoms with Gasteiger partial charge in [-0.1, -0.05) is 0 Å².